The summed E-state index contributed by atoms with van der Waals surface area (Å²) >= 11 is 0. The summed E-state index contributed by atoms with van der Waals surface area (Å²) < 4.78 is 0. The molecule has 0 aliphatic heterocycles. The smallest absolute Gasteiger partial charge is 0.0978 e. The molecule has 6 aromatic carbocycles. The van der Waals surface area contributed by atoms with E-state index in [0.717, 1.165) is 33.9 Å². The lowest BCUT2D eigenvalue weighted by molar-refractivity contribution is 0.893. The lowest BCUT2D eigenvalue weighted by Gasteiger charge is -2.22. The van der Waals surface area contributed by atoms with Gasteiger partial charge in [0.1, 0.15) is 0 Å². The molecule has 0 N–H and O–H groups in total. The summed E-state index contributed by atoms with van der Waals surface area (Å²) in [6, 6.07) is 35.8. The first-order valence-corrected chi connectivity index (χ1v) is 18.0. The zero-order valence-corrected chi connectivity index (χ0v) is 31.3. The van der Waals surface area contributed by atoms with Crippen LogP contribution in [0.15, 0.2) is 107 Å². The Morgan fingerprint density at radius 3 is 1.18 bits per heavy atom. The minimum absolute atomic E-state index is 0.181. The van der Waals surface area contributed by atoms with Gasteiger partial charge in [0.25, 0.3) is 0 Å². The van der Waals surface area contributed by atoms with Gasteiger partial charge in [0.2, 0.25) is 0 Å². The van der Waals surface area contributed by atoms with Gasteiger partial charge >= 0.3 is 0 Å². The Bertz CT molecular complexity index is 2180. The van der Waals surface area contributed by atoms with E-state index in [2.05, 4.69) is 166 Å². The average Bonchev–Trinajstić information content (AvgIpc) is 3.34. The largest absolute Gasteiger partial charge is 0.246 e. The summed E-state index contributed by atoms with van der Waals surface area (Å²) in [5, 5.41) is 2.44. The first-order chi connectivity index (χ1) is 23.9. The number of hydrogen-bond donors (Lipinski definition) is 0. The highest BCUT2D eigenvalue weighted by molar-refractivity contribution is 6.61. The maximum absolute atomic E-state index is 5.61. The van der Waals surface area contributed by atoms with Crippen molar-refractivity contribution in [3.05, 3.63) is 175 Å². The number of aliphatic imine (C=N–C) groups is 2. The SMILES string of the molecule is Cc1cc(C)c([C@@H](C)c2cc(C)ccc2/N=C2/C(=N/c3ccc(C)cc3[C@H](C)c3c(C)cc(C)cc3C)c3cccc4cccc2c34)c(C)c1. The van der Waals surface area contributed by atoms with Crippen molar-refractivity contribution >= 4 is 33.6 Å². The Kier molecular flexibility index (Phi) is 8.68. The van der Waals surface area contributed by atoms with Crippen LogP contribution >= 0.6 is 0 Å². The third kappa shape index (κ3) is 5.92. The van der Waals surface area contributed by atoms with Crippen LogP contribution in [0.25, 0.3) is 10.8 Å². The standard InChI is InChI=1S/C48H48N2/c1-27-17-19-42(40(25-27)35(9)44-31(5)21-29(3)22-32(44)6)49-47-38-15-11-13-37-14-12-16-39(46(37)38)48(47)50-43-20-18-28(2)26-41(43)36(10)45-33(7)23-30(4)24-34(45)8/h11-26,35-36H,1-10H3/b49-47+,50-48+/t35-,36-/m0/s1. The number of benzene rings is 6. The third-order valence-corrected chi connectivity index (χ3v) is 10.7. The molecule has 50 heavy (non-hydrogen) atoms. The molecule has 2 nitrogen and oxygen atoms in total. The molecule has 0 aromatic heterocycles. The van der Waals surface area contributed by atoms with Crippen LogP contribution in [0.5, 0.6) is 0 Å². The number of hydrogen-bond acceptors (Lipinski definition) is 2. The van der Waals surface area contributed by atoms with Crippen LogP contribution in [0.4, 0.5) is 11.4 Å². The van der Waals surface area contributed by atoms with Crippen LogP contribution in [0.1, 0.15) is 104 Å². The number of rotatable bonds is 6. The van der Waals surface area contributed by atoms with Gasteiger partial charge < -0.3 is 0 Å². The maximum Gasteiger partial charge on any atom is 0.0978 e. The van der Waals surface area contributed by atoms with Crippen LogP contribution in [0.2, 0.25) is 0 Å². The molecule has 2 atom stereocenters. The summed E-state index contributed by atoms with van der Waals surface area (Å²) in [5.41, 5.74) is 21.8. The Morgan fingerprint density at radius 2 is 0.800 bits per heavy atom. The second-order valence-electron chi connectivity index (χ2n) is 14.8. The molecule has 0 unspecified atom stereocenters. The zero-order chi connectivity index (χ0) is 35.4. The highest BCUT2D eigenvalue weighted by atomic mass is 14.8. The van der Waals surface area contributed by atoms with E-state index in [9.17, 15) is 0 Å². The summed E-state index contributed by atoms with van der Waals surface area (Å²) in [5.74, 6) is 0.362. The minimum Gasteiger partial charge on any atom is -0.246 e. The molecule has 0 bridgehead atoms. The molecule has 1 aliphatic rings. The van der Waals surface area contributed by atoms with Crippen LogP contribution in [-0.4, -0.2) is 11.4 Å². The van der Waals surface area contributed by atoms with Gasteiger partial charge in [-0.2, -0.15) is 0 Å². The molecule has 0 radical (unpaired) electrons. The molecule has 7 rings (SSSR count). The first kappa shape index (κ1) is 33.4. The predicted molar refractivity (Wildman–Crippen MR) is 215 cm³/mol. The average molecular weight is 653 g/mol. The number of aryl methyl sites for hydroxylation is 8. The fourth-order valence-corrected chi connectivity index (χ4v) is 8.76. The van der Waals surface area contributed by atoms with Crippen LogP contribution in [0.3, 0.4) is 0 Å². The molecule has 250 valence electrons. The van der Waals surface area contributed by atoms with E-state index in [1.807, 2.05) is 0 Å². The molecule has 0 heterocycles. The lowest BCUT2D eigenvalue weighted by atomic mass is 9.84. The van der Waals surface area contributed by atoms with Gasteiger partial charge in [-0.15, -0.1) is 0 Å². The van der Waals surface area contributed by atoms with Crippen molar-refractivity contribution in [2.45, 2.75) is 81.1 Å². The molecule has 0 spiro atoms. The van der Waals surface area contributed by atoms with Crippen molar-refractivity contribution in [1.29, 1.82) is 0 Å². The fraction of sp³-hybridized carbons (Fsp3) is 0.250. The Labute approximate surface area is 298 Å². The molecular weight excluding hydrogens is 605 g/mol. The van der Waals surface area contributed by atoms with Crippen LogP contribution < -0.4 is 0 Å². The predicted octanol–water partition coefficient (Wildman–Crippen LogP) is 12.9. The monoisotopic (exact) mass is 652 g/mol. The minimum atomic E-state index is 0.181. The second kappa shape index (κ2) is 13.0. The van der Waals surface area contributed by atoms with E-state index in [-0.39, 0.29) is 11.8 Å². The highest BCUT2D eigenvalue weighted by Gasteiger charge is 2.29. The quantitative estimate of drug-likeness (QED) is 0.171. The van der Waals surface area contributed by atoms with Crippen LogP contribution in [0, 0.1) is 55.4 Å². The van der Waals surface area contributed by atoms with Gasteiger partial charge in [0.05, 0.1) is 22.8 Å². The second-order valence-corrected chi connectivity index (χ2v) is 14.8. The number of nitrogens with zero attached hydrogens (tertiary/aromatic N) is 2. The topological polar surface area (TPSA) is 24.7 Å². The highest BCUT2D eigenvalue weighted by Crippen LogP contribution is 2.41. The summed E-state index contributed by atoms with van der Waals surface area (Å²) in [7, 11) is 0. The lowest BCUT2D eigenvalue weighted by Crippen LogP contribution is -2.11. The summed E-state index contributed by atoms with van der Waals surface area (Å²) in [6.07, 6.45) is 0. The van der Waals surface area contributed by atoms with E-state index in [1.54, 1.807) is 0 Å². The van der Waals surface area contributed by atoms with Crippen molar-refractivity contribution in [3.8, 4) is 0 Å². The van der Waals surface area contributed by atoms with E-state index >= 15 is 0 Å². The fourth-order valence-electron chi connectivity index (χ4n) is 8.76. The Hall–Kier alpha value is -5.08. The van der Waals surface area contributed by atoms with Gasteiger partial charge in [0, 0.05) is 28.3 Å². The van der Waals surface area contributed by atoms with Gasteiger partial charge in [-0.1, -0.05) is 121 Å². The Morgan fingerprint density at radius 1 is 0.420 bits per heavy atom. The van der Waals surface area contributed by atoms with E-state index in [4.69, 9.17) is 9.98 Å². The van der Waals surface area contributed by atoms with Gasteiger partial charge in [-0.3, -0.25) is 0 Å². The first-order valence-electron chi connectivity index (χ1n) is 18.0. The summed E-state index contributed by atoms with van der Waals surface area (Å²) in [6.45, 7) is 22.4. The Balaban J connectivity index is 1.45. The van der Waals surface area contributed by atoms with Crippen molar-refractivity contribution in [3.63, 3.8) is 0 Å². The van der Waals surface area contributed by atoms with Crippen molar-refractivity contribution in [1.82, 2.24) is 0 Å². The molecule has 0 saturated heterocycles. The van der Waals surface area contributed by atoms with Crippen molar-refractivity contribution in [2.75, 3.05) is 0 Å². The van der Waals surface area contributed by atoms with Crippen molar-refractivity contribution < 1.29 is 0 Å². The van der Waals surface area contributed by atoms with E-state index < -0.39 is 0 Å². The third-order valence-electron chi connectivity index (χ3n) is 10.7. The molecule has 0 amide bonds. The molecule has 1 aliphatic carbocycles. The normalized spacial score (nSPS) is 15.3. The van der Waals surface area contributed by atoms with E-state index in [0.29, 0.717) is 0 Å². The maximum atomic E-state index is 5.61. The van der Waals surface area contributed by atoms with Crippen molar-refractivity contribution in [2.24, 2.45) is 9.98 Å². The molecule has 0 fully saturated rings. The van der Waals surface area contributed by atoms with Gasteiger partial charge in [-0.05, 0) is 117 Å². The van der Waals surface area contributed by atoms with Gasteiger partial charge in [-0.25, -0.2) is 9.98 Å². The zero-order valence-electron chi connectivity index (χ0n) is 31.3. The van der Waals surface area contributed by atoms with Gasteiger partial charge in [0.15, 0.2) is 0 Å². The molecule has 0 saturated carbocycles. The molecule has 6 aromatic rings. The summed E-state index contributed by atoms with van der Waals surface area (Å²) in [4.78, 5) is 11.2. The molecule has 2 heteroatoms. The van der Waals surface area contributed by atoms with Crippen LogP contribution in [-0.2, 0) is 0 Å². The van der Waals surface area contributed by atoms with E-state index in [1.165, 1.54) is 77.5 Å². The molecular formula is C48H48N2.